The molecule has 2 aromatic heterocycles. The van der Waals surface area contributed by atoms with E-state index in [0.29, 0.717) is 30.2 Å². The van der Waals surface area contributed by atoms with Crippen molar-refractivity contribution in [2.75, 3.05) is 18.0 Å². The van der Waals surface area contributed by atoms with Gasteiger partial charge in [-0.3, -0.25) is 9.89 Å². The van der Waals surface area contributed by atoms with E-state index in [1.54, 1.807) is 13.1 Å². The molecule has 2 fully saturated rings. The Morgan fingerprint density at radius 3 is 2.67 bits per heavy atom. The lowest BCUT2D eigenvalue weighted by Gasteiger charge is -2.22. The number of aromatic nitrogens is 4. The quantitative estimate of drug-likeness (QED) is 0.687. The summed E-state index contributed by atoms with van der Waals surface area (Å²) < 4.78 is 7.45. The Bertz CT molecular complexity index is 1190. The van der Waals surface area contributed by atoms with Crippen LogP contribution in [0.3, 0.4) is 0 Å². The molecule has 5 rings (SSSR count). The van der Waals surface area contributed by atoms with Gasteiger partial charge in [0.15, 0.2) is 0 Å². The molecule has 158 valence electrons. The van der Waals surface area contributed by atoms with Gasteiger partial charge in [-0.2, -0.15) is 10.2 Å². The summed E-state index contributed by atoms with van der Waals surface area (Å²) in [5, 5.41) is 23.3. The normalized spacial score (nSPS) is 21.9. The Labute approximate surface area is 174 Å². The van der Waals surface area contributed by atoms with Crippen LogP contribution in [0.2, 0.25) is 0 Å². The lowest BCUT2D eigenvalue weighted by molar-refractivity contribution is 0.0964. The molecule has 8 heteroatoms. The predicted molar refractivity (Wildman–Crippen MR) is 115 cm³/mol. The number of benzene rings is 1. The first-order valence-corrected chi connectivity index (χ1v) is 10.3. The van der Waals surface area contributed by atoms with Crippen molar-refractivity contribution in [2.24, 2.45) is 12.5 Å². The smallest absolute Gasteiger partial charge is 0.290 e. The number of hydrogen-bond acceptors (Lipinski definition) is 6. The van der Waals surface area contributed by atoms with Crippen LogP contribution < -0.4 is 15.2 Å². The number of anilines is 1. The van der Waals surface area contributed by atoms with Gasteiger partial charge < -0.3 is 14.7 Å². The molecule has 1 saturated heterocycles. The SMILES string of the molecule is Cn1nc(-c2n[nH]c3ccc(OC4(C)CC4)cc23)cc(N2CC(O)C(C)(C)C2)c1=O. The van der Waals surface area contributed by atoms with Gasteiger partial charge in [0.2, 0.25) is 0 Å². The van der Waals surface area contributed by atoms with Crippen molar-refractivity contribution in [2.45, 2.75) is 45.3 Å². The van der Waals surface area contributed by atoms with E-state index in [4.69, 9.17) is 4.74 Å². The average Bonchev–Trinajstić information content (AvgIpc) is 3.14. The number of aromatic amines is 1. The van der Waals surface area contributed by atoms with Crippen LogP contribution in [0.25, 0.3) is 22.3 Å². The molecule has 8 nitrogen and oxygen atoms in total. The minimum absolute atomic E-state index is 0.0664. The number of H-pyrrole nitrogens is 1. The molecule has 0 amide bonds. The highest BCUT2D eigenvalue weighted by Gasteiger charge is 2.40. The highest BCUT2D eigenvalue weighted by atomic mass is 16.5. The second-order valence-electron chi connectivity index (χ2n) is 9.56. The molecule has 1 aliphatic heterocycles. The molecule has 0 radical (unpaired) electrons. The van der Waals surface area contributed by atoms with Crippen LogP contribution in [0.15, 0.2) is 29.1 Å². The molecular formula is C22H27N5O3. The number of β-amino-alcohol motifs (C(OH)–C–C–N with tert-alkyl or cyclic N) is 1. The molecule has 2 aliphatic rings. The fourth-order valence-electron chi connectivity index (χ4n) is 4.05. The average molecular weight is 409 g/mol. The summed E-state index contributed by atoms with van der Waals surface area (Å²) in [7, 11) is 1.64. The van der Waals surface area contributed by atoms with E-state index >= 15 is 0 Å². The van der Waals surface area contributed by atoms with E-state index < -0.39 is 6.10 Å². The van der Waals surface area contributed by atoms with E-state index in [0.717, 1.165) is 29.5 Å². The third-order valence-electron chi connectivity index (χ3n) is 6.37. The third kappa shape index (κ3) is 3.15. The highest BCUT2D eigenvalue weighted by Crippen LogP contribution is 2.40. The molecule has 1 aliphatic carbocycles. The Morgan fingerprint density at radius 1 is 1.23 bits per heavy atom. The van der Waals surface area contributed by atoms with Gasteiger partial charge in [-0.25, -0.2) is 4.68 Å². The molecule has 1 saturated carbocycles. The molecule has 1 atom stereocenters. The van der Waals surface area contributed by atoms with E-state index in [9.17, 15) is 9.90 Å². The number of fused-ring (bicyclic) bond motifs is 1. The third-order valence-corrected chi connectivity index (χ3v) is 6.37. The number of aliphatic hydroxyl groups excluding tert-OH is 1. The minimum Gasteiger partial charge on any atom is -0.488 e. The van der Waals surface area contributed by atoms with Crippen LogP contribution >= 0.6 is 0 Å². The zero-order valence-electron chi connectivity index (χ0n) is 17.8. The molecule has 0 bridgehead atoms. The van der Waals surface area contributed by atoms with Gasteiger partial charge in [0, 0.05) is 30.9 Å². The maximum Gasteiger partial charge on any atom is 0.290 e. The second kappa shape index (κ2) is 6.31. The van der Waals surface area contributed by atoms with Gasteiger partial charge in [-0.1, -0.05) is 13.8 Å². The predicted octanol–water partition coefficient (Wildman–Crippen LogP) is 2.46. The lowest BCUT2D eigenvalue weighted by Crippen LogP contribution is -2.32. The Kier molecular flexibility index (Phi) is 4.02. The van der Waals surface area contributed by atoms with Gasteiger partial charge in [0.25, 0.3) is 5.56 Å². The van der Waals surface area contributed by atoms with Crippen LogP contribution in [-0.4, -0.2) is 49.9 Å². The molecule has 3 heterocycles. The number of aliphatic hydroxyl groups is 1. The highest BCUT2D eigenvalue weighted by molar-refractivity contribution is 5.93. The Morgan fingerprint density at radius 2 is 2.00 bits per heavy atom. The Balaban J connectivity index is 1.57. The van der Waals surface area contributed by atoms with Crippen molar-refractivity contribution in [1.29, 1.82) is 0 Å². The fourth-order valence-corrected chi connectivity index (χ4v) is 4.05. The fraction of sp³-hybridized carbons (Fsp3) is 0.500. The van der Waals surface area contributed by atoms with E-state index in [-0.39, 0.29) is 16.6 Å². The van der Waals surface area contributed by atoms with Crippen LogP contribution in [0.5, 0.6) is 5.75 Å². The van der Waals surface area contributed by atoms with Gasteiger partial charge >= 0.3 is 0 Å². The van der Waals surface area contributed by atoms with E-state index in [1.807, 2.05) is 36.9 Å². The standard InChI is InChI=1S/C22H27N5O3/c1-21(2)12-27(11-18(21)28)17-10-16(25-26(4)20(17)29)19-14-9-13(30-22(3)7-8-22)5-6-15(14)23-24-19/h5-6,9-10,18,28H,7-8,11-12H2,1-4H3,(H,23,24). The van der Waals surface area contributed by atoms with Crippen molar-refractivity contribution in [3.05, 3.63) is 34.6 Å². The molecule has 0 spiro atoms. The van der Waals surface area contributed by atoms with Crippen LogP contribution in [-0.2, 0) is 7.05 Å². The largest absolute Gasteiger partial charge is 0.488 e. The van der Waals surface area contributed by atoms with Crippen molar-refractivity contribution in [3.8, 4) is 17.1 Å². The minimum atomic E-state index is -0.492. The summed E-state index contributed by atoms with van der Waals surface area (Å²) in [6, 6.07) is 7.66. The van der Waals surface area contributed by atoms with Crippen molar-refractivity contribution < 1.29 is 9.84 Å². The number of nitrogens with zero attached hydrogens (tertiary/aromatic N) is 4. The van der Waals surface area contributed by atoms with Gasteiger partial charge in [0.05, 0.1) is 11.6 Å². The lowest BCUT2D eigenvalue weighted by atomic mass is 9.90. The monoisotopic (exact) mass is 409 g/mol. The number of ether oxygens (including phenoxy) is 1. The van der Waals surface area contributed by atoms with Crippen molar-refractivity contribution in [1.82, 2.24) is 20.0 Å². The van der Waals surface area contributed by atoms with Crippen LogP contribution in [0.4, 0.5) is 5.69 Å². The summed E-state index contributed by atoms with van der Waals surface area (Å²) in [6.45, 7) is 7.15. The molecule has 3 aromatic rings. The van der Waals surface area contributed by atoms with Crippen LogP contribution in [0, 0.1) is 5.41 Å². The second-order valence-corrected chi connectivity index (χ2v) is 9.56. The molecule has 2 N–H and O–H groups in total. The summed E-state index contributed by atoms with van der Waals surface area (Å²) in [4.78, 5) is 14.7. The van der Waals surface area contributed by atoms with Crippen molar-refractivity contribution in [3.63, 3.8) is 0 Å². The number of nitrogens with one attached hydrogen (secondary N) is 1. The van der Waals surface area contributed by atoms with Crippen molar-refractivity contribution >= 4 is 16.6 Å². The van der Waals surface area contributed by atoms with Crippen LogP contribution in [0.1, 0.15) is 33.6 Å². The summed E-state index contributed by atoms with van der Waals surface area (Å²) in [6.07, 6.45) is 1.63. The molecule has 30 heavy (non-hydrogen) atoms. The van der Waals surface area contributed by atoms with Gasteiger partial charge in [-0.05, 0) is 44.0 Å². The zero-order chi connectivity index (χ0) is 21.3. The first-order chi connectivity index (χ1) is 14.2. The summed E-state index contributed by atoms with van der Waals surface area (Å²) >= 11 is 0. The maximum atomic E-state index is 12.8. The number of aryl methyl sites for hydroxylation is 1. The molecular weight excluding hydrogens is 382 g/mol. The topological polar surface area (TPSA) is 96.3 Å². The number of hydrogen-bond donors (Lipinski definition) is 2. The Hall–Kier alpha value is -2.87. The van der Waals surface area contributed by atoms with Gasteiger partial charge in [-0.15, -0.1) is 0 Å². The van der Waals surface area contributed by atoms with E-state index in [1.165, 1.54) is 4.68 Å². The molecule has 1 unspecified atom stereocenters. The van der Waals surface area contributed by atoms with E-state index in [2.05, 4.69) is 22.2 Å². The first kappa shape index (κ1) is 19.1. The summed E-state index contributed by atoms with van der Waals surface area (Å²) in [5.41, 5.74) is 2.16. The van der Waals surface area contributed by atoms with Gasteiger partial charge in [0.1, 0.15) is 28.4 Å². The molecule has 1 aromatic carbocycles. The number of rotatable bonds is 4. The first-order valence-electron chi connectivity index (χ1n) is 10.3. The maximum absolute atomic E-state index is 12.8. The zero-order valence-corrected chi connectivity index (χ0v) is 17.8. The summed E-state index contributed by atoms with van der Waals surface area (Å²) in [5.74, 6) is 0.805.